The minimum Gasteiger partial charge on any atom is -0.372 e. The molecule has 0 atom stereocenters. The lowest BCUT2D eigenvalue weighted by Gasteiger charge is -2.22. The maximum Gasteiger partial charge on any atom is 0.241 e. The molecule has 150 valence electrons. The van der Waals surface area contributed by atoms with Crippen LogP contribution in [0, 0.1) is 5.82 Å². The van der Waals surface area contributed by atoms with Gasteiger partial charge in [0, 0.05) is 25.3 Å². The Morgan fingerprint density at radius 1 is 1.11 bits per heavy atom. The first-order valence-corrected chi connectivity index (χ1v) is 11.0. The summed E-state index contributed by atoms with van der Waals surface area (Å²) in [7, 11) is -3.81. The second kappa shape index (κ2) is 8.60. The van der Waals surface area contributed by atoms with Gasteiger partial charge in [-0.1, -0.05) is 24.3 Å². The van der Waals surface area contributed by atoms with E-state index in [1.165, 1.54) is 31.0 Å². The van der Waals surface area contributed by atoms with Gasteiger partial charge >= 0.3 is 0 Å². The van der Waals surface area contributed by atoms with E-state index in [0.29, 0.717) is 0 Å². The van der Waals surface area contributed by atoms with E-state index in [9.17, 15) is 17.6 Å². The van der Waals surface area contributed by atoms with Crippen LogP contribution in [0.5, 0.6) is 0 Å². The lowest BCUT2D eigenvalue weighted by atomic mass is 10.2. The van der Waals surface area contributed by atoms with Gasteiger partial charge in [0.15, 0.2) is 0 Å². The Morgan fingerprint density at radius 3 is 2.36 bits per heavy atom. The quantitative estimate of drug-likeness (QED) is 0.769. The molecular weight excluding hydrogens is 381 g/mol. The van der Waals surface area contributed by atoms with Crippen molar-refractivity contribution in [1.29, 1.82) is 0 Å². The number of halogens is 1. The fraction of sp³-hybridized carbons (Fsp3) is 0.350. The molecule has 1 aliphatic heterocycles. The number of hydrogen-bond donors (Lipinski definition) is 1. The first kappa shape index (κ1) is 20.1. The zero-order valence-corrected chi connectivity index (χ0v) is 16.6. The number of rotatable bonds is 7. The van der Waals surface area contributed by atoms with Crippen LogP contribution in [0.25, 0.3) is 0 Å². The third-order valence-corrected chi connectivity index (χ3v) is 5.83. The molecule has 1 amide bonds. The van der Waals surface area contributed by atoms with Crippen molar-refractivity contribution in [2.24, 2.45) is 0 Å². The molecule has 0 saturated carbocycles. The van der Waals surface area contributed by atoms with Gasteiger partial charge in [-0.25, -0.2) is 12.8 Å². The Hall–Kier alpha value is -2.61. The Kier molecular flexibility index (Phi) is 6.18. The van der Waals surface area contributed by atoms with Crippen LogP contribution in [-0.2, 0) is 21.4 Å². The molecule has 1 heterocycles. The van der Waals surface area contributed by atoms with Crippen molar-refractivity contribution in [3.63, 3.8) is 0 Å². The number of nitrogens with zero attached hydrogens (tertiary/aromatic N) is 2. The predicted octanol–water partition coefficient (Wildman–Crippen LogP) is 2.51. The molecule has 0 unspecified atom stereocenters. The van der Waals surface area contributed by atoms with E-state index in [-0.39, 0.29) is 12.2 Å². The minimum absolute atomic E-state index is 0.143. The summed E-state index contributed by atoms with van der Waals surface area (Å²) >= 11 is 0. The van der Waals surface area contributed by atoms with Gasteiger partial charge in [0.1, 0.15) is 12.4 Å². The molecule has 1 fully saturated rings. The Balaban J connectivity index is 1.61. The second-order valence-electron chi connectivity index (χ2n) is 6.86. The number of benzene rings is 2. The molecule has 8 heteroatoms. The zero-order chi connectivity index (χ0) is 20.1. The molecule has 6 nitrogen and oxygen atoms in total. The van der Waals surface area contributed by atoms with Gasteiger partial charge in [-0.2, -0.15) is 0 Å². The molecule has 0 aliphatic carbocycles. The van der Waals surface area contributed by atoms with E-state index in [1.54, 1.807) is 0 Å². The monoisotopic (exact) mass is 405 g/mol. The first-order chi connectivity index (χ1) is 13.3. The minimum atomic E-state index is -3.81. The average Bonchev–Trinajstić information content (AvgIpc) is 3.19. The third kappa shape index (κ3) is 5.01. The van der Waals surface area contributed by atoms with Gasteiger partial charge in [0.2, 0.25) is 15.9 Å². The zero-order valence-electron chi connectivity index (χ0n) is 15.8. The van der Waals surface area contributed by atoms with Crippen molar-refractivity contribution < 1.29 is 17.6 Å². The lowest BCUT2D eigenvalue weighted by Crippen LogP contribution is -2.40. The standard InChI is InChI=1S/C20H24FN3O3S/c1-28(26,27)24(19-7-3-2-6-18(19)21)15-20(25)22-14-16-8-10-17(11-9-16)23-12-4-5-13-23/h2-3,6-11H,4-5,12-15H2,1H3,(H,22,25). The summed E-state index contributed by atoms with van der Waals surface area (Å²) in [5, 5.41) is 2.70. The molecule has 0 aromatic heterocycles. The van der Waals surface area contributed by atoms with E-state index >= 15 is 0 Å². The van der Waals surface area contributed by atoms with Gasteiger partial charge in [0.25, 0.3) is 0 Å². The first-order valence-electron chi connectivity index (χ1n) is 9.17. The number of hydrogen-bond acceptors (Lipinski definition) is 4. The van der Waals surface area contributed by atoms with Crippen molar-refractivity contribution >= 4 is 27.3 Å². The number of carbonyl (C=O) groups excluding carboxylic acids is 1. The number of carbonyl (C=O) groups is 1. The van der Waals surface area contributed by atoms with E-state index in [1.807, 2.05) is 24.3 Å². The average molecular weight is 405 g/mol. The summed E-state index contributed by atoms with van der Waals surface area (Å²) in [5.74, 6) is -1.20. The van der Waals surface area contributed by atoms with Gasteiger partial charge < -0.3 is 10.2 Å². The molecule has 28 heavy (non-hydrogen) atoms. The normalized spacial score (nSPS) is 14.1. The topological polar surface area (TPSA) is 69.7 Å². The van der Waals surface area contributed by atoms with Gasteiger partial charge in [0.05, 0.1) is 11.9 Å². The van der Waals surface area contributed by atoms with Gasteiger partial charge in [-0.15, -0.1) is 0 Å². The molecule has 0 radical (unpaired) electrons. The van der Waals surface area contributed by atoms with Gasteiger partial charge in [-0.3, -0.25) is 9.10 Å². The van der Waals surface area contributed by atoms with Crippen LogP contribution >= 0.6 is 0 Å². The smallest absolute Gasteiger partial charge is 0.241 e. The van der Waals surface area contributed by atoms with Gasteiger partial charge in [-0.05, 0) is 42.7 Å². The Bertz CT molecular complexity index is 926. The molecule has 0 spiro atoms. The van der Waals surface area contributed by atoms with Crippen LogP contribution in [0.15, 0.2) is 48.5 Å². The Morgan fingerprint density at radius 2 is 1.75 bits per heavy atom. The number of amides is 1. The molecule has 3 rings (SSSR count). The number of para-hydroxylation sites is 1. The predicted molar refractivity (Wildman–Crippen MR) is 108 cm³/mol. The van der Waals surface area contributed by atoms with E-state index in [4.69, 9.17) is 0 Å². The number of nitrogens with one attached hydrogen (secondary N) is 1. The highest BCUT2D eigenvalue weighted by Gasteiger charge is 2.23. The van der Waals surface area contributed by atoms with Crippen LogP contribution < -0.4 is 14.5 Å². The number of sulfonamides is 1. The third-order valence-electron chi connectivity index (χ3n) is 4.71. The summed E-state index contributed by atoms with van der Waals surface area (Å²) < 4.78 is 38.8. The summed E-state index contributed by atoms with van der Waals surface area (Å²) in [6.45, 7) is 1.92. The lowest BCUT2D eigenvalue weighted by molar-refractivity contribution is -0.119. The summed E-state index contributed by atoms with van der Waals surface area (Å²) in [6, 6.07) is 13.4. The molecular formula is C20H24FN3O3S. The van der Waals surface area contributed by atoms with E-state index < -0.39 is 28.3 Å². The highest BCUT2D eigenvalue weighted by molar-refractivity contribution is 7.92. The van der Waals surface area contributed by atoms with Crippen LogP contribution in [0.1, 0.15) is 18.4 Å². The largest absolute Gasteiger partial charge is 0.372 e. The van der Waals surface area contributed by atoms with Crippen molar-refractivity contribution in [1.82, 2.24) is 5.32 Å². The summed E-state index contributed by atoms with van der Waals surface area (Å²) in [6.07, 6.45) is 3.36. The molecule has 2 aromatic carbocycles. The fourth-order valence-electron chi connectivity index (χ4n) is 3.22. The van der Waals surface area contributed by atoms with Crippen molar-refractivity contribution in [3.8, 4) is 0 Å². The number of anilines is 2. The fourth-order valence-corrected chi connectivity index (χ4v) is 4.08. The Labute approximate surface area is 165 Å². The van der Waals surface area contributed by atoms with E-state index in [0.717, 1.165) is 41.0 Å². The van der Waals surface area contributed by atoms with Crippen LogP contribution in [0.3, 0.4) is 0 Å². The molecule has 1 aliphatic rings. The van der Waals surface area contributed by atoms with Crippen LogP contribution in [0.4, 0.5) is 15.8 Å². The van der Waals surface area contributed by atoms with Crippen molar-refractivity contribution in [2.45, 2.75) is 19.4 Å². The molecule has 1 saturated heterocycles. The molecule has 2 aromatic rings. The maximum atomic E-state index is 14.0. The van der Waals surface area contributed by atoms with Crippen molar-refractivity contribution in [2.75, 3.05) is 35.1 Å². The SMILES string of the molecule is CS(=O)(=O)N(CC(=O)NCc1ccc(N2CCCC2)cc1)c1ccccc1F. The highest BCUT2D eigenvalue weighted by Crippen LogP contribution is 2.22. The summed E-state index contributed by atoms with van der Waals surface area (Å²) in [4.78, 5) is 14.6. The summed E-state index contributed by atoms with van der Waals surface area (Å²) in [5.41, 5.74) is 1.93. The molecule has 0 bridgehead atoms. The highest BCUT2D eigenvalue weighted by atomic mass is 32.2. The van der Waals surface area contributed by atoms with Crippen LogP contribution in [0.2, 0.25) is 0 Å². The van der Waals surface area contributed by atoms with Crippen LogP contribution in [-0.4, -0.2) is 40.2 Å². The van der Waals surface area contributed by atoms with E-state index in [2.05, 4.69) is 10.2 Å². The molecule has 1 N–H and O–H groups in total. The maximum absolute atomic E-state index is 14.0. The second-order valence-corrected chi connectivity index (χ2v) is 8.77. The van der Waals surface area contributed by atoms with Crippen molar-refractivity contribution in [3.05, 3.63) is 59.9 Å².